The number of nitrogens with one attached hydrogen (secondary N) is 1. The van der Waals surface area contributed by atoms with Crippen molar-refractivity contribution in [2.45, 2.75) is 19.9 Å². The third-order valence-corrected chi connectivity index (χ3v) is 2.32. The number of benzene rings is 1. The van der Waals surface area contributed by atoms with Gasteiger partial charge >= 0.3 is 5.97 Å². The Bertz CT molecular complexity index is 431. The number of carboxylic acid groups (broad SMARTS) is 1. The molecule has 1 atom stereocenters. The van der Waals surface area contributed by atoms with Gasteiger partial charge in [0, 0.05) is 18.2 Å². The van der Waals surface area contributed by atoms with Gasteiger partial charge in [-0.1, -0.05) is 6.07 Å². The largest absolute Gasteiger partial charge is 0.478 e. The summed E-state index contributed by atoms with van der Waals surface area (Å²) in [7, 11) is 0. The molecule has 2 N–H and O–H groups in total. The van der Waals surface area contributed by atoms with E-state index in [4.69, 9.17) is 9.84 Å². The Morgan fingerprint density at radius 1 is 1.39 bits per heavy atom. The zero-order valence-corrected chi connectivity index (χ0v) is 10.5. The van der Waals surface area contributed by atoms with Gasteiger partial charge in [0.1, 0.15) is 0 Å². The number of ether oxygens (including phenoxy) is 1. The minimum Gasteiger partial charge on any atom is -0.478 e. The van der Waals surface area contributed by atoms with Crippen molar-refractivity contribution in [3.8, 4) is 0 Å². The van der Waals surface area contributed by atoms with E-state index in [2.05, 4.69) is 5.32 Å². The minimum atomic E-state index is -1.05. The van der Waals surface area contributed by atoms with Crippen LogP contribution in [-0.2, 0) is 4.74 Å². The van der Waals surface area contributed by atoms with Crippen molar-refractivity contribution < 1.29 is 19.4 Å². The van der Waals surface area contributed by atoms with E-state index in [1.54, 1.807) is 12.1 Å². The summed E-state index contributed by atoms with van der Waals surface area (Å²) in [6.07, 6.45) is 0. The van der Waals surface area contributed by atoms with Crippen LogP contribution in [0.1, 0.15) is 34.6 Å². The van der Waals surface area contributed by atoms with Crippen LogP contribution in [0.15, 0.2) is 24.3 Å². The maximum Gasteiger partial charge on any atom is 0.335 e. The van der Waals surface area contributed by atoms with E-state index in [0.29, 0.717) is 18.8 Å². The van der Waals surface area contributed by atoms with E-state index in [1.165, 1.54) is 12.1 Å². The molecule has 0 bridgehead atoms. The summed E-state index contributed by atoms with van der Waals surface area (Å²) in [5.41, 5.74) is 0.429. The van der Waals surface area contributed by atoms with Crippen LogP contribution in [0.2, 0.25) is 0 Å². The number of hydrogen-bond acceptors (Lipinski definition) is 3. The Balaban J connectivity index is 2.66. The molecular formula is C13H17NO4. The summed E-state index contributed by atoms with van der Waals surface area (Å²) >= 11 is 0. The quantitative estimate of drug-likeness (QED) is 0.804. The molecule has 0 fully saturated rings. The second-order valence-electron chi connectivity index (χ2n) is 3.92. The number of carbonyl (C=O) groups excluding carboxylic acids is 1. The first kappa shape index (κ1) is 14.2. The molecule has 1 amide bonds. The molecule has 0 aliphatic heterocycles. The summed E-state index contributed by atoms with van der Waals surface area (Å²) in [6.45, 7) is 4.73. The number of amides is 1. The number of carbonyl (C=O) groups is 2. The molecule has 5 nitrogen and oxygen atoms in total. The van der Waals surface area contributed by atoms with Gasteiger partial charge in [-0.3, -0.25) is 4.79 Å². The lowest BCUT2D eigenvalue weighted by molar-refractivity contribution is 0.0697. The van der Waals surface area contributed by atoms with Gasteiger partial charge in [0.2, 0.25) is 0 Å². The number of rotatable bonds is 6. The lowest BCUT2D eigenvalue weighted by atomic mass is 10.1. The lowest BCUT2D eigenvalue weighted by Crippen LogP contribution is -2.35. The molecule has 0 saturated carbocycles. The fourth-order valence-corrected chi connectivity index (χ4v) is 1.44. The maximum absolute atomic E-state index is 11.8. The molecule has 0 aliphatic rings. The molecule has 0 spiro atoms. The Morgan fingerprint density at radius 3 is 2.67 bits per heavy atom. The third-order valence-electron chi connectivity index (χ3n) is 2.32. The highest BCUT2D eigenvalue weighted by atomic mass is 16.5. The molecule has 0 saturated heterocycles. The zero-order valence-electron chi connectivity index (χ0n) is 10.5. The SMILES string of the molecule is CCOCC(C)NC(=O)c1cccc(C(=O)O)c1. The summed E-state index contributed by atoms with van der Waals surface area (Å²) < 4.78 is 5.19. The third kappa shape index (κ3) is 4.18. The maximum atomic E-state index is 11.8. The van der Waals surface area contributed by atoms with Crippen LogP contribution in [0.4, 0.5) is 0 Å². The number of hydrogen-bond donors (Lipinski definition) is 2. The van der Waals surface area contributed by atoms with Crippen LogP contribution in [0, 0.1) is 0 Å². The Morgan fingerprint density at radius 2 is 2.06 bits per heavy atom. The van der Waals surface area contributed by atoms with E-state index in [-0.39, 0.29) is 17.5 Å². The second kappa shape index (κ2) is 6.76. The highest BCUT2D eigenvalue weighted by molar-refractivity contribution is 5.97. The molecule has 0 aromatic heterocycles. The van der Waals surface area contributed by atoms with Crippen molar-refractivity contribution in [1.29, 1.82) is 0 Å². The molecule has 5 heteroatoms. The first-order valence-electron chi connectivity index (χ1n) is 5.76. The first-order chi connectivity index (χ1) is 8.54. The van der Waals surface area contributed by atoms with Crippen molar-refractivity contribution >= 4 is 11.9 Å². The minimum absolute atomic E-state index is 0.0973. The van der Waals surface area contributed by atoms with Gasteiger partial charge in [-0.25, -0.2) is 4.79 Å². The van der Waals surface area contributed by atoms with Gasteiger partial charge in [0.15, 0.2) is 0 Å². The Labute approximate surface area is 106 Å². The van der Waals surface area contributed by atoms with Crippen molar-refractivity contribution in [3.63, 3.8) is 0 Å². The number of carboxylic acids is 1. The van der Waals surface area contributed by atoms with Crippen molar-refractivity contribution in [2.24, 2.45) is 0 Å². The normalized spacial score (nSPS) is 11.9. The molecule has 0 heterocycles. The monoisotopic (exact) mass is 251 g/mol. The molecular weight excluding hydrogens is 234 g/mol. The van der Waals surface area contributed by atoms with Gasteiger partial charge in [-0.2, -0.15) is 0 Å². The topological polar surface area (TPSA) is 75.6 Å². The predicted molar refractivity (Wildman–Crippen MR) is 66.8 cm³/mol. The average molecular weight is 251 g/mol. The average Bonchev–Trinajstić information content (AvgIpc) is 2.36. The van der Waals surface area contributed by atoms with Crippen LogP contribution >= 0.6 is 0 Å². The summed E-state index contributed by atoms with van der Waals surface area (Å²) in [4.78, 5) is 22.6. The summed E-state index contributed by atoms with van der Waals surface area (Å²) in [6, 6.07) is 5.81. The number of aromatic carboxylic acids is 1. The van der Waals surface area contributed by atoms with Gasteiger partial charge < -0.3 is 15.2 Å². The van der Waals surface area contributed by atoms with Crippen LogP contribution in [0.3, 0.4) is 0 Å². The standard InChI is InChI=1S/C13H17NO4/c1-3-18-8-9(2)14-12(15)10-5-4-6-11(7-10)13(16)17/h4-7,9H,3,8H2,1-2H3,(H,14,15)(H,16,17). The Hall–Kier alpha value is -1.88. The zero-order chi connectivity index (χ0) is 13.5. The highest BCUT2D eigenvalue weighted by Gasteiger charge is 2.11. The molecule has 18 heavy (non-hydrogen) atoms. The van der Waals surface area contributed by atoms with Gasteiger partial charge in [-0.05, 0) is 32.0 Å². The van der Waals surface area contributed by atoms with E-state index in [0.717, 1.165) is 0 Å². The molecule has 1 aromatic carbocycles. The van der Waals surface area contributed by atoms with Crippen LogP contribution in [-0.4, -0.2) is 36.2 Å². The van der Waals surface area contributed by atoms with Crippen molar-refractivity contribution in [1.82, 2.24) is 5.32 Å². The first-order valence-corrected chi connectivity index (χ1v) is 5.76. The molecule has 0 radical (unpaired) electrons. The summed E-state index contributed by atoms with van der Waals surface area (Å²) in [5.74, 6) is -1.35. The van der Waals surface area contributed by atoms with Crippen LogP contribution in [0.5, 0.6) is 0 Å². The molecule has 98 valence electrons. The lowest BCUT2D eigenvalue weighted by Gasteiger charge is -2.13. The van der Waals surface area contributed by atoms with E-state index in [9.17, 15) is 9.59 Å². The van der Waals surface area contributed by atoms with Gasteiger partial charge in [-0.15, -0.1) is 0 Å². The van der Waals surface area contributed by atoms with Gasteiger partial charge in [0.05, 0.1) is 12.2 Å². The van der Waals surface area contributed by atoms with Gasteiger partial charge in [0.25, 0.3) is 5.91 Å². The van der Waals surface area contributed by atoms with Crippen molar-refractivity contribution in [2.75, 3.05) is 13.2 Å². The van der Waals surface area contributed by atoms with Crippen LogP contribution in [0.25, 0.3) is 0 Å². The van der Waals surface area contributed by atoms with E-state index in [1.807, 2.05) is 13.8 Å². The van der Waals surface area contributed by atoms with E-state index >= 15 is 0 Å². The Kier molecular flexibility index (Phi) is 5.32. The van der Waals surface area contributed by atoms with E-state index < -0.39 is 5.97 Å². The summed E-state index contributed by atoms with van der Waals surface area (Å²) in [5, 5.41) is 11.6. The van der Waals surface area contributed by atoms with Crippen molar-refractivity contribution in [3.05, 3.63) is 35.4 Å². The molecule has 1 unspecified atom stereocenters. The fraction of sp³-hybridized carbons (Fsp3) is 0.385. The predicted octanol–water partition coefficient (Wildman–Crippen LogP) is 1.54. The highest BCUT2D eigenvalue weighted by Crippen LogP contribution is 2.05. The van der Waals surface area contributed by atoms with Crippen LogP contribution < -0.4 is 5.32 Å². The molecule has 0 aliphatic carbocycles. The smallest absolute Gasteiger partial charge is 0.335 e. The second-order valence-corrected chi connectivity index (χ2v) is 3.92. The molecule has 1 aromatic rings. The molecule has 1 rings (SSSR count). The fourth-order valence-electron chi connectivity index (χ4n) is 1.44.